The molecule has 21 heavy (non-hydrogen) atoms. The van der Waals surface area contributed by atoms with E-state index in [9.17, 15) is 4.79 Å². The first-order chi connectivity index (χ1) is 10.2. The van der Waals surface area contributed by atoms with E-state index in [1.807, 2.05) is 30.9 Å². The number of carbonyl (C=O) groups excluding carboxylic acids is 1. The molecule has 1 saturated heterocycles. The fourth-order valence-corrected chi connectivity index (χ4v) is 2.74. The normalized spacial score (nSPS) is 18.4. The fourth-order valence-electron chi connectivity index (χ4n) is 2.74. The van der Waals surface area contributed by atoms with Crippen LogP contribution in [0.3, 0.4) is 0 Å². The highest BCUT2D eigenvalue weighted by Gasteiger charge is 2.22. The molecule has 1 aliphatic rings. The molecule has 1 amide bonds. The summed E-state index contributed by atoms with van der Waals surface area (Å²) in [5, 5.41) is 0. The van der Waals surface area contributed by atoms with Gasteiger partial charge in [0, 0.05) is 18.7 Å². The van der Waals surface area contributed by atoms with E-state index in [1.165, 1.54) is 6.42 Å². The molecule has 0 N–H and O–H groups in total. The summed E-state index contributed by atoms with van der Waals surface area (Å²) in [6, 6.07) is 5.46. The van der Waals surface area contributed by atoms with Crippen molar-refractivity contribution < 1.29 is 14.3 Å². The highest BCUT2D eigenvalue weighted by Crippen LogP contribution is 2.29. The van der Waals surface area contributed by atoms with Crippen LogP contribution in [0.4, 0.5) is 0 Å². The van der Waals surface area contributed by atoms with Crippen LogP contribution in [0.15, 0.2) is 18.2 Å². The third kappa shape index (κ3) is 3.90. The van der Waals surface area contributed by atoms with Crippen molar-refractivity contribution in [3.63, 3.8) is 0 Å². The third-order valence-electron chi connectivity index (χ3n) is 3.73. The number of piperidine rings is 1. The van der Waals surface area contributed by atoms with Crippen molar-refractivity contribution in [3.8, 4) is 11.5 Å². The van der Waals surface area contributed by atoms with Gasteiger partial charge in [-0.2, -0.15) is 0 Å². The lowest BCUT2D eigenvalue weighted by Gasteiger charge is -2.31. The zero-order chi connectivity index (χ0) is 15.2. The molecular weight excluding hydrogens is 266 g/mol. The second kappa shape index (κ2) is 7.34. The molecule has 4 heteroatoms. The molecule has 2 rings (SSSR count). The van der Waals surface area contributed by atoms with Gasteiger partial charge in [0.25, 0.3) is 5.91 Å². The van der Waals surface area contributed by atoms with Crippen LogP contribution in [0, 0.1) is 5.92 Å². The van der Waals surface area contributed by atoms with Gasteiger partial charge in [0.05, 0.1) is 13.2 Å². The van der Waals surface area contributed by atoms with Crippen LogP contribution in [0.2, 0.25) is 0 Å². The molecule has 1 aliphatic heterocycles. The Hall–Kier alpha value is -1.71. The van der Waals surface area contributed by atoms with E-state index in [-0.39, 0.29) is 5.91 Å². The number of carbonyl (C=O) groups is 1. The van der Waals surface area contributed by atoms with Crippen molar-refractivity contribution in [2.24, 2.45) is 5.92 Å². The van der Waals surface area contributed by atoms with Gasteiger partial charge in [-0.1, -0.05) is 6.92 Å². The molecule has 4 nitrogen and oxygen atoms in total. The Bertz CT molecular complexity index is 487. The van der Waals surface area contributed by atoms with Crippen molar-refractivity contribution in [1.82, 2.24) is 4.90 Å². The number of rotatable bonds is 5. The topological polar surface area (TPSA) is 38.8 Å². The second-order valence-corrected chi connectivity index (χ2v) is 5.53. The molecule has 1 aromatic rings. The lowest BCUT2D eigenvalue weighted by Crippen LogP contribution is -2.39. The summed E-state index contributed by atoms with van der Waals surface area (Å²) < 4.78 is 11.1. The minimum atomic E-state index is 0.0885. The van der Waals surface area contributed by atoms with Gasteiger partial charge in [-0.3, -0.25) is 4.79 Å². The Kier molecular flexibility index (Phi) is 5.48. The van der Waals surface area contributed by atoms with Crippen molar-refractivity contribution in [2.75, 3.05) is 26.3 Å². The molecule has 1 fully saturated rings. The molecular formula is C17H25NO3. The largest absolute Gasteiger partial charge is 0.490 e. The van der Waals surface area contributed by atoms with Crippen LogP contribution in [0.5, 0.6) is 11.5 Å². The number of nitrogens with zero attached hydrogens (tertiary/aromatic N) is 1. The fraction of sp³-hybridized carbons (Fsp3) is 0.588. The third-order valence-corrected chi connectivity index (χ3v) is 3.73. The van der Waals surface area contributed by atoms with E-state index >= 15 is 0 Å². The van der Waals surface area contributed by atoms with Crippen LogP contribution >= 0.6 is 0 Å². The SMILES string of the molecule is CCOc1ccc(C(=O)N2CCCC(C)C2)cc1OCC. The maximum Gasteiger partial charge on any atom is 0.254 e. The second-order valence-electron chi connectivity index (χ2n) is 5.53. The zero-order valence-corrected chi connectivity index (χ0v) is 13.2. The monoisotopic (exact) mass is 291 g/mol. The number of benzene rings is 1. The summed E-state index contributed by atoms with van der Waals surface area (Å²) in [5.41, 5.74) is 0.677. The average Bonchev–Trinajstić information content (AvgIpc) is 2.49. The molecule has 1 unspecified atom stereocenters. The van der Waals surface area contributed by atoms with Gasteiger partial charge in [0.1, 0.15) is 0 Å². The van der Waals surface area contributed by atoms with Crippen molar-refractivity contribution in [3.05, 3.63) is 23.8 Å². The molecule has 0 aliphatic carbocycles. The first-order valence-corrected chi connectivity index (χ1v) is 7.84. The Morgan fingerprint density at radius 2 is 1.95 bits per heavy atom. The van der Waals surface area contributed by atoms with Crippen molar-refractivity contribution >= 4 is 5.91 Å². The molecule has 0 spiro atoms. The summed E-state index contributed by atoms with van der Waals surface area (Å²) in [4.78, 5) is 14.5. The number of ether oxygens (including phenoxy) is 2. The van der Waals surface area contributed by atoms with Gasteiger partial charge in [-0.05, 0) is 50.8 Å². The van der Waals surface area contributed by atoms with E-state index in [2.05, 4.69) is 6.92 Å². The number of amides is 1. The van der Waals surface area contributed by atoms with Crippen LogP contribution in [0.1, 0.15) is 44.0 Å². The highest BCUT2D eigenvalue weighted by atomic mass is 16.5. The maximum atomic E-state index is 12.6. The van der Waals surface area contributed by atoms with E-state index in [4.69, 9.17) is 9.47 Å². The predicted molar refractivity (Wildman–Crippen MR) is 83.1 cm³/mol. The van der Waals surface area contributed by atoms with Crippen LogP contribution in [-0.4, -0.2) is 37.1 Å². The van der Waals surface area contributed by atoms with Crippen LogP contribution in [0.25, 0.3) is 0 Å². The minimum absolute atomic E-state index is 0.0885. The number of likely N-dealkylation sites (tertiary alicyclic amines) is 1. The molecule has 1 atom stereocenters. The van der Waals surface area contributed by atoms with Gasteiger partial charge in [0.15, 0.2) is 11.5 Å². The van der Waals surface area contributed by atoms with E-state index in [0.29, 0.717) is 36.2 Å². The first kappa shape index (κ1) is 15.7. The Balaban J connectivity index is 2.18. The molecule has 0 saturated carbocycles. The van der Waals surface area contributed by atoms with E-state index in [0.717, 1.165) is 19.5 Å². The minimum Gasteiger partial charge on any atom is -0.490 e. The van der Waals surface area contributed by atoms with Crippen LogP contribution in [-0.2, 0) is 0 Å². The molecule has 116 valence electrons. The van der Waals surface area contributed by atoms with Crippen LogP contribution < -0.4 is 9.47 Å². The summed E-state index contributed by atoms with van der Waals surface area (Å²) in [6.07, 6.45) is 2.29. The maximum absolute atomic E-state index is 12.6. The quantitative estimate of drug-likeness (QED) is 0.835. The molecule has 1 heterocycles. The lowest BCUT2D eigenvalue weighted by molar-refractivity contribution is 0.0682. The Morgan fingerprint density at radius 1 is 1.24 bits per heavy atom. The first-order valence-electron chi connectivity index (χ1n) is 7.84. The number of hydrogen-bond donors (Lipinski definition) is 0. The Labute approximate surface area is 127 Å². The van der Waals surface area contributed by atoms with Gasteiger partial charge >= 0.3 is 0 Å². The average molecular weight is 291 g/mol. The lowest BCUT2D eigenvalue weighted by atomic mass is 9.99. The van der Waals surface area contributed by atoms with Gasteiger partial charge < -0.3 is 14.4 Å². The molecule has 1 aromatic carbocycles. The summed E-state index contributed by atoms with van der Waals surface area (Å²) in [6.45, 7) is 8.88. The standard InChI is InChI=1S/C17H25NO3/c1-4-20-15-9-8-14(11-16(15)21-5-2)17(19)18-10-6-7-13(3)12-18/h8-9,11,13H,4-7,10,12H2,1-3H3. The summed E-state index contributed by atoms with van der Waals surface area (Å²) >= 11 is 0. The summed E-state index contributed by atoms with van der Waals surface area (Å²) in [7, 11) is 0. The zero-order valence-electron chi connectivity index (χ0n) is 13.2. The number of hydrogen-bond acceptors (Lipinski definition) is 3. The highest BCUT2D eigenvalue weighted by molar-refractivity contribution is 5.95. The molecule has 0 bridgehead atoms. The summed E-state index contributed by atoms with van der Waals surface area (Å²) in [5.74, 6) is 2.01. The molecule has 0 radical (unpaired) electrons. The Morgan fingerprint density at radius 3 is 2.62 bits per heavy atom. The van der Waals surface area contributed by atoms with Gasteiger partial charge in [-0.15, -0.1) is 0 Å². The van der Waals surface area contributed by atoms with E-state index < -0.39 is 0 Å². The molecule has 0 aromatic heterocycles. The van der Waals surface area contributed by atoms with Crippen molar-refractivity contribution in [2.45, 2.75) is 33.6 Å². The van der Waals surface area contributed by atoms with Gasteiger partial charge in [0.2, 0.25) is 0 Å². The van der Waals surface area contributed by atoms with Gasteiger partial charge in [-0.25, -0.2) is 0 Å². The predicted octanol–water partition coefficient (Wildman–Crippen LogP) is 3.36. The smallest absolute Gasteiger partial charge is 0.254 e. The van der Waals surface area contributed by atoms with E-state index in [1.54, 1.807) is 6.07 Å². The van der Waals surface area contributed by atoms with Crippen molar-refractivity contribution in [1.29, 1.82) is 0 Å².